The van der Waals surface area contributed by atoms with E-state index in [0.29, 0.717) is 0 Å². The Balaban J connectivity index is 2.42. The summed E-state index contributed by atoms with van der Waals surface area (Å²) in [6, 6.07) is 14.2. The molecule has 2 rings (SSSR count). The van der Waals surface area contributed by atoms with Gasteiger partial charge in [0.05, 0.1) is 5.69 Å². The zero-order valence-electron chi connectivity index (χ0n) is 6.87. The van der Waals surface area contributed by atoms with E-state index >= 15 is 0 Å². The van der Waals surface area contributed by atoms with Crippen LogP contribution < -0.4 is 0 Å². The van der Waals surface area contributed by atoms with Crippen molar-refractivity contribution in [3.63, 3.8) is 0 Å². The fourth-order valence-electron chi connectivity index (χ4n) is 1.10. The van der Waals surface area contributed by atoms with Crippen LogP contribution in [-0.4, -0.2) is 4.98 Å². The summed E-state index contributed by atoms with van der Waals surface area (Å²) in [5.41, 5.74) is 1.97. The van der Waals surface area contributed by atoms with Crippen LogP contribution in [0.4, 0.5) is 0 Å². The molecule has 1 aromatic carbocycles. The topological polar surface area (TPSA) is 12.9 Å². The number of benzene rings is 1. The van der Waals surface area contributed by atoms with Crippen LogP contribution in [0.15, 0.2) is 42.6 Å². The van der Waals surface area contributed by atoms with E-state index in [1.54, 1.807) is 12.3 Å². The van der Waals surface area contributed by atoms with Gasteiger partial charge in [-0.15, -0.1) is 0 Å². The second-order valence-electron chi connectivity index (χ2n) is 2.65. The Morgan fingerprint density at radius 3 is 2.54 bits per heavy atom. The molecule has 0 fully saturated rings. The molecule has 0 aliphatic rings. The minimum absolute atomic E-state index is 0.740. The molecule has 0 saturated carbocycles. The van der Waals surface area contributed by atoms with Crippen LogP contribution in [0.5, 0.6) is 0 Å². The van der Waals surface area contributed by atoms with E-state index in [4.69, 9.17) is 11.6 Å². The standard InChI is InChI=1S/C11H7ClN/c12-10-6-4-9(5-7-10)11-3-1-2-8-13-11/h2-8H. The van der Waals surface area contributed by atoms with Crippen LogP contribution in [-0.2, 0) is 0 Å². The minimum Gasteiger partial charge on any atom is -0.256 e. The summed E-state index contributed by atoms with van der Waals surface area (Å²) in [7, 11) is 0. The Bertz CT molecular complexity index is 381. The lowest BCUT2D eigenvalue weighted by Crippen LogP contribution is -1.80. The first kappa shape index (κ1) is 8.27. The minimum atomic E-state index is 0.740. The first-order valence-electron chi connectivity index (χ1n) is 3.94. The second kappa shape index (κ2) is 3.58. The van der Waals surface area contributed by atoms with Gasteiger partial charge in [-0.25, -0.2) is 0 Å². The maximum atomic E-state index is 5.77. The highest BCUT2D eigenvalue weighted by Gasteiger charge is 1.96. The average Bonchev–Trinajstić information content (AvgIpc) is 2.20. The normalized spacial score (nSPS) is 9.92. The number of aromatic nitrogens is 1. The van der Waals surface area contributed by atoms with Gasteiger partial charge in [0.2, 0.25) is 0 Å². The third kappa shape index (κ3) is 1.87. The summed E-state index contributed by atoms with van der Waals surface area (Å²) < 4.78 is 0. The third-order valence-electron chi connectivity index (χ3n) is 1.74. The number of halogens is 1. The molecule has 0 unspecified atom stereocenters. The van der Waals surface area contributed by atoms with Crippen molar-refractivity contribution >= 4 is 11.6 Å². The zero-order valence-corrected chi connectivity index (χ0v) is 7.62. The van der Waals surface area contributed by atoms with Crippen LogP contribution in [0.3, 0.4) is 0 Å². The van der Waals surface area contributed by atoms with E-state index in [9.17, 15) is 0 Å². The Kier molecular flexibility index (Phi) is 2.28. The highest BCUT2D eigenvalue weighted by atomic mass is 35.5. The van der Waals surface area contributed by atoms with Crippen LogP contribution in [0.25, 0.3) is 11.3 Å². The van der Waals surface area contributed by atoms with Gasteiger partial charge >= 0.3 is 0 Å². The first-order chi connectivity index (χ1) is 6.36. The lowest BCUT2D eigenvalue weighted by Gasteiger charge is -1.98. The Labute approximate surface area is 82.0 Å². The van der Waals surface area contributed by atoms with Crippen molar-refractivity contribution in [2.45, 2.75) is 0 Å². The quantitative estimate of drug-likeness (QED) is 0.670. The summed E-state index contributed by atoms with van der Waals surface area (Å²) in [4.78, 5) is 4.20. The Morgan fingerprint density at radius 1 is 1.15 bits per heavy atom. The number of pyridine rings is 1. The van der Waals surface area contributed by atoms with E-state index in [-0.39, 0.29) is 0 Å². The largest absolute Gasteiger partial charge is 0.256 e. The molecule has 2 heteroatoms. The van der Waals surface area contributed by atoms with E-state index in [1.807, 2.05) is 30.3 Å². The van der Waals surface area contributed by atoms with Crippen molar-refractivity contribution in [1.29, 1.82) is 0 Å². The molecule has 0 N–H and O–H groups in total. The van der Waals surface area contributed by atoms with E-state index in [1.165, 1.54) is 0 Å². The molecule has 1 nitrogen and oxygen atoms in total. The highest BCUT2D eigenvalue weighted by Crippen LogP contribution is 2.18. The van der Waals surface area contributed by atoms with E-state index in [0.717, 1.165) is 16.3 Å². The molecule has 0 spiro atoms. The summed E-state index contributed by atoms with van der Waals surface area (Å²) >= 11 is 5.77. The molecule has 0 amide bonds. The summed E-state index contributed by atoms with van der Waals surface area (Å²) in [6.45, 7) is 0. The molecule has 1 heterocycles. The van der Waals surface area contributed by atoms with Crippen molar-refractivity contribution in [2.24, 2.45) is 0 Å². The smallest absolute Gasteiger partial charge is 0.0708 e. The lowest BCUT2D eigenvalue weighted by atomic mass is 10.1. The van der Waals surface area contributed by atoms with Crippen LogP contribution in [0.2, 0.25) is 5.02 Å². The molecule has 0 saturated heterocycles. The average molecular weight is 189 g/mol. The van der Waals surface area contributed by atoms with Crippen LogP contribution in [0, 0.1) is 6.07 Å². The van der Waals surface area contributed by atoms with Crippen LogP contribution >= 0.6 is 11.6 Å². The van der Waals surface area contributed by atoms with Crippen molar-refractivity contribution in [3.05, 3.63) is 53.7 Å². The fourth-order valence-corrected chi connectivity index (χ4v) is 1.23. The number of nitrogens with zero attached hydrogens (tertiary/aromatic N) is 1. The predicted octanol–water partition coefficient (Wildman–Crippen LogP) is 3.20. The molecule has 1 radical (unpaired) electrons. The zero-order chi connectivity index (χ0) is 9.10. The summed E-state index contributed by atoms with van der Waals surface area (Å²) in [5.74, 6) is 0. The maximum absolute atomic E-state index is 5.77. The Hall–Kier alpha value is -1.34. The lowest BCUT2D eigenvalue weighted by molar-refractivity contribution is 1.32. The molecule has 0 aliphatic heterocycles. The molecule has 2 aromatic rings. The monoisotopic (exact) mass is 188 g/mol. The SMILES string of the molecule is Clc1ccc(-c2c[c]ccn2)cc1. The van der Waals surface area contributed by atoms with E-state index < -0.39 is 0 Å². The number of hydrogen-bond acceptors (Lipinski definition) is 1. The van der Waals surface area contributed by atoms with Crippen molar-refractivity contribution in [2.75, 3.05) is 0 Å². The molecule has 0 bridgehead atoms. The van der Waals surface area contributed by atoms with Gasteiger partial charge in [0.25, 0.3) is 0 Å². The second-order valence-corrected chi connectivity index (χ2v) is 3.08. The first-order valence-corrected chi connectivity index (χ1v) is 4.32. The molecule has 0 aliphatic carbocycles. The third-order valence-corrected chi connectivity index (χ3v) is 2.00. The van der Waals surface area contributed by atoms with Gasteiger partial charge in [0.15, 0.2) is 0 Å². The van der Waals surface area contributed by atoms with E-state index in [2.05, 4.69) is 11.1 Å². The van der Waals surface area contributed by atoms with Crippen molar-refractivity contribution in [3.8, 4) is 11.3 Å². The van der Waals surface area contributed by atoms with Gasteiger partial charge in [0, 0.05) is 16.8 Å². The number of hydrogen-bond donors (Lipinski definition) is 0. The van der Waals surface area contributed by atoms with Gasteiger partial charge in [-0.2, -0.15) is 0 Å². The molecule has 13 heavy (non-hydrogen) atoms. The van der Waals surface area contributed by atoms with Gasteiger partial charge in [-0.05, 0) is 30.3 Å². The van der Waals surface area contributed by atoms with Gasteiger partial charge < -0.3 is 0 Å². The number of rotatable bonds is 1. The maximum Gasteiger partial charge on any atom is 0.0708 e. The summed E-state index contributed by atoms with van der Waals surface area (Å²) in [5, 5.41) is 0.740. The molecular weight excluding hydrogens is 182 g/mol. The van der Waals surface area contributed by atoms with Gasteiger partial charge in [0.1, 0.15) is 0 Å². The van der Waals surface area contributed by atoms with Crippen molar-refractivity contribution < 1.29 is 0 Å². The molecule has 1 aromatic heterocycles. The highest BCUT2D eigenvalue weighted by molar-refractivity contribution is 6.30. The molecular formula is C11H7ClN. The summed E-state index contributed by atoms with van der Waals surface area (Å²) in [6.07, 6.45) is 1.73. The van der Waals surface area contributed by atoms with Crippen LogP contribution in [0.1, 0.15) is 0 Å². The Morgan fingerprint density at radius 2 is 1.92 bits per heavy atom. The fraction of sp³-hybridized carbons (Fsp3) is 0. The van der Waals surface area contributed by atoms with Gasteiger partial charge in [-0.1, -0.05) is 23.7 Å². The van der Waals surface area contributed by atoms with Gasteiger partial charge in [-0.3, -0.25) is 4.98 Å². The molecule has 0 atom stereocenters. The predicted molar refractivity (Wildman–Crippen MR) is 53.5 cm³/mol. The molecule has 63 valence electrons. The van der Waals surface area contributed by atoms with Crippen molar-refractivity contribution in [1.82, 2.24) is 4.98 Å².